The SMILES string of the molecule is COC(=O)C[C@H](c1ccccc1)S(=O)(=O)c1ccc(C)cc1. The molecule has 2 aromatic rings. The van der Waals surface area contributed by atoms with Gasteiger partial charge >= 0.3 is 5.97 Å². The predicted octanol–water partition coefficient (Wildman–Crippen LogP) is 3.07. The molecule has 22 heavy (non-hydrogen) atoms. The molecule has 4 nitrogen and oxygen atoms in total. The number of esters is 1. The van der Waals surface area contributed by atoms with Gasteiger partial charge in [-0.1, -0.05) is 48.0 Å². The molecule has 116 valence electrons. The van der Waals surface area contributed by atoms with E-state index < -0.39 is 21.1 Å². The number of methoxy groups -OCH3 is 1. The van der Waals surface area contributed by atoms with E-state index in [0.29, 0.717) is 5.56 Å². The first-order valence-corrected chi connectivity index (χ1v) is 8.42. The Morgan fingerprint density at radius 2 is 1.64 bits per heavy atom. The van der Waals surface area contributed by atoms with Crippen LogP contribution < -0.4 is 0 Å². The fourth-order valence-corrected chi connectivity index (χ4v) is 3.92. The fourth-order valence-electron chi connectivity index (χ4n) is 2.20. The van der Waals surface area contributed by atoms with Crippen LogP contribution in [0.15, 0.2) is 59.5 Å². The summed E-state index contributed by atoms with van der Waals surface area (Å²) >= 11 is 0. The van der Waals surface area contributed by atoms with E-state index >= 15 is 0 Å². The van der Waals surface area contributed by atoms with Gasteiger partial charge in [0.1, 0.15) is 5.25 Å². The molecule has 5 heteroatoms. The molecule has 0 saturated heterocycles. The van der Waals surface area contributed by atoms with Gasteiger partial charge in [-0.2, -0.15) is 0 Å². The third-order valence-corrected chi connectivity index (χ3v) is 5.59. The molecule has 0 N–H and O–H groups in total. The van der Waals surface area contributed by atoms with Crippen LogP contribution in [0.1, 0.15) is 22.8 Å². The zero-order valence-corrected chi connectivity index (χ0v) is 13.3. The highest BCUT2D eigenvalue weighted by atomic mass is 32.2. The van der Waals surface area contributed by atoms with Crippen LogP contribution >= 0.6 is 0 Å². The van der Waals surface area contributed by atoms with Gasteiger partial charge in [-0.25, -0.2) is 8.42 Å². The van der Waals surface area contributed by atoms with Gasteiger partial charge in [-0.05, 0) is 24.6 Å². The zero-order chi connectivity index (χ0) is 16.2. The summed E-state index contributed by atoms with van der Waals surface area (Å²) in [4.78, 5) is 11.8. The summed E-state index contributed by atoms with van der Waals surface area (Å²) < 4.78 is 30.4. The smallest absolute Gasteiger partial charge is 0.307 e. The summed E-state index contributed by atoms with van der Waals surface area (Å²) in [5.41, 5.74) is 1.55. The lowest BCUT2D eigenvalue weighted by atomic mass is 10.1. The second-order valence-electron chi connectivity index (χ2n) is 5.04. The molecule has 0 saturated carbocycles. The first-order valence-electron chi connectivity index (χ1n) is 6.87. The van der Waals surface area contributed by atoms with Crippen molar-refractivity contribution in [2.45, 2.75) is 23.5 Å². The quantitative estimate of drug-likeness (QED) is 0.795. The third kappa shape index (κ3) is 3.54. The average Bonchev–Trinajstić information content (AvgIpc) is 2.53. The van der Waals surface area contributed by atoms with Crippen LogP contribution in [0.5, 0.6) is 0 Å². The molecule has 0 aliphatic carbocycles. The molecular formula is C17H18O4S. The lowest BCUT2D eigenvalue weighted by Gasteiger charge is -2.17. The Labute approximate surface area is 130 Å². The van der Waals surface area contributed by atoms with Crippen molar-refractivity contribution >= 4 is 15.8 Å². The lowest BCUT2D eigenvalue weighted by molar-refractivity contribution is -0.140. The minimum absolute atomic E-state index is 0.204. The summed E-state index contributed by atoms with van der Waals surface area (Å²) in [6.45, 7) is 1.89. The van der Waals surface area contributed by atoms with Gasteiger partial charge in [0.25, 0.3) is 0 Å². The molecule has 1 atom stereocenters. The summed E-state index contributed by atoms with van der Waals surface area (Å²) in [5.74, 6) is -0.551. The summed E-state index contributed by atoms with van der Waals surface area (Å²) in [6.07, 6.45) is -0.212. The maximum Gasteiger partial charge on any atom is 0.307 e. The standard InChI is InChI=1S/C17H18O4S/c1-13-8-10-15(11-9-13)22(19,20)16(12-17(18)21-2)14-6-4-3-5-7-14/h3-11,16H,12H2,1-2H3/t16-/m1/s1. The Morgan fingerprint density at radius 1 is 1.05 bits per heavy atom. The number of benzene rings is 2. The number of hydrogen-bond donors (Lipinski definition) is 0. The molecule has 0 radical (unpaired) electrons. The second-order valence-corrected chi connectivity index (χ2v) is 7.17. The first kappa shape index (κ1) is 16.2. The Morgan fingerprint density at radius 3 is 2.18 bits per heavy atom. The molecular weight excluding hydrogens is 300 g/mol. The molecule has 0 heterocycles. The van der Waals surface area contributed by atoms with Crippen molar-refractivity contribution in [3.05, 3.63) is 65.7 Å². The normalized spacial score (nSPS) is 12.6. The van der Waals surface area contributed by atoms with Crippen molar-refractivity contribution in [2.24, 2.45) is 0 Å². The van der Waals surface area contributed by atoms with E-state index in [1.165, 1.54) is 7.11 Å². The Hall–Kier alpha value is -2.14. The van der Waals surface area contributed by atoms with Crippen molar-refractivity contribution in [1.29, 1.82) is 0 Å². The summed E-state index contributed by atoms with van der Waals surface area (Å²) in [5, 5.41) is -0.955. The van der Waals surface area contributed by atoms with Crippen molar-refractivity contribution in [2.75, 3.05) is 7.11 Å². The van der Waals surface area contributed by atoms with E-state index in [-0.39, 0.29) is 11.3 Å². The van der Waals surface area contributed by atoms with Crippen molar-refractivity contribution in [1.82, 2.24) is 0 Å². The van der Waals surface area contributed by atoms with Gasteiger partial charge in [-0.15, -0.1) is 0 Å². The summed E-state index contributed by atoms with van der Waals surface area (Å²) in [6, 6.07) is 15.3. The molecule has 2 aromatic carbocycles. The molecule has 0 fully saturated rings. The predicted molar refractivity (Wildman–Crippen MR) is 84.2 cm³/mol. The first-order chi connectivity index (χ1) is 10.4. The molecule has 0 aliphatic rings. The van der Waals surface area contributed by atoms with Gasteiger partial charge < -0.3 is 4.74 Å². The van der Waals surface area contributed by atoms with E-state index in [9.17, 15) is 13.2 Å². The van der Waals surface area contributed by atoms with Crippen molar-refractivity contribution in [3.8, 4) is 0 Å². The summed E-state index contributed by atoms with van der Waals surface area (Å²) in [7, 11) is -2.42. The number of carbonyl (C=O) groups excluding carboxylic acids is 1. The van der Waals surface area contributed by atoms with Gasteiger partial charge in [0.2, 0.25) is 0 Å². The average molecular weight is 318 g/mol. The van der Waals surface area contributed by atoms with Gasteiger partial charge in [0.05, 0.1) is 18.4 Å². The number of rotatable bonds is 5. The van der Waals surface area contributed by atoms with Crippen LogP contribution in [-0.4, -0.2) is 21.5 Å². The van der Waals surface area contributed by atoms with E-state index in [4.69, 9.17) is 0 Å². The van der Waals surface area contributed by atoms with Gasteiger partial charge in [0.15, 0.2) is 9.84 Å². The van der Waals surface area contributed by atoms with Gasteiger partial charge in [-0.3, -0.25) is 4.79 Å². The van der Waals surface area contributed by atoms with Crippen molar-refractivity contribution in [3.63, 3.8) is 0 Å². The molecule has 2 rings (SSSR count). The minimum atomic E-state index is -3.68. The largest absolute Gasteiger partial charge is 0.469 e. The van der Waals surface area contributed by atoms with Crippen molar-refractivity contribution < 1.29 is 17.9 Å². The van der Waals surface area contributed by atoms with Crippen LogP contribution in [0, 0.1) is 6.92 Å². The highest BCUT2D eigenvalue weighted by Gasteiger charge is 2.31. The highest BCUT2D eigenvalue weighted by molar-refractivity contribution is 7.91. The minimum Gasteiger partial charge on any atom is -0.469 e. The molecule has 0 bridgehead atoms. The van der Waals surface area contributed by atoms with E-state index in [0.717, 1.165) is 5.56 Å². The maximum absolute atomic E-state index is 12.9. The van der Waals surface area contributed by atoms with E-state index in [1.54, 1.807) is 54.6 Å². The van der Waals surface area contributed by atoms with Gasteiger partial charge in [0, 0.05) is 0 Å². The van der Waals surface area contributed by atoms with Crippen LogP contribution in [0.2, 0.25) is 0 Å². The molecule has 0 spiro atoms. The molecule has 0 aromatic heterocycles. The second kappa shape index (κ2) is 6.75. The van der Waals surface area contributed by atoms with Crippen LogP contribution in [0.3, 0.4) is 0 Å². The number of carbonyl (C=O) groups is 1. The monoisotopic (exact) mass is 318 g/mol. The molecule has 0 aliphatic heterocycles. The maximum atomic E-state index is 12.9. The highest BCUT2D eigenvalue weighted by Crippen LogP contribution is 2.32. The fraction of sp³-hybridized carbons (Fsp3) is 0.235. The molecule has 0 amide bonds. The lowest BCUT2D eigenvalue weighted by Crippen LogP contribution is -2.18. The van der Waals surface area contributed by atoms with E-state index in [2.05, 4.69) is 4.74 Å². The van der Waals surface area contributed by atoms with Crippen LogP contribution in [-0.2, 0) is 19.4 Å². The number of sulfone groups is 1. The number of ether oxygens (including phenoxy) is 1. The Balaban J connectivity index is 2.47. The Kier molecular flexibility index (Phi) is 4.98. The topological polar surface area (TPSA) is 60.4 Å². The molecule has 0 unspecified atom stereocenters. The zero-order valence-electron chi connectivity index (χ0n) is 12.5. The van der Waals surface area contributed by atoms with Crippen LogP contribution in [0.25, 0.3) is 0 Å². The third-order valence-electron chi connectivity index (χ3n) is 3.48. The van der Waals surface area contributed by atoms with Crippen LogP contribution in [0.4, 0.5) is 0 Å². The Bertz CT molecular complexity index is 734. The van der Waals surface area contributed by atoms with E-state index in [1.807, 2.05) is 6.92 Å². The number of hydrogen-bond acceptors (Lipinski definition) is 4. The number of aryl methyl sites for hydroxylation is 1.